The molecular formula is C24H54O2S2Si2. The summed E-state index contributed by atoms with van der Waals surface area (Å²) in [4.78, 5) is 0. The summed E-state index contributed by atoms with van der Waals surface area (Å²) in [7, 11) is 2.81. The van der Waals surface area contributed by atoms with Crippen molar-refractivity contribution in [2.45, 2.75) is 129 Å². The molecule has 2 atom stereocenters. The van der Waals surface area contributed by atoms with E-state index in [1.54, 1.807) is 0 Å². The predicted octanol–water partition coefficient (Wildman–Crippen LogP) is 7.91. The zero-order valence-corrected chi connectivity index (χ0v) is 25.2. The topological polar surface area (TPSA) is 18.5 Å². The highest BCUT2D eigenvalue weighted by Crippen LogP contribution is 2.25. The molecule has 2 unspecified atom stereocenters. The maximum atomic E-state index is 6.19. The van der Waals surface area contributed by atoms with Gasteiger partial charge in [0.05, 0.1) is 17.6 Å². The molecule has 0 rings (SSSR count). The lowest BCUT2D eigenvalue weighted by Crippen LogP contribution is -2.28. The summed E-state index contributed by atoms with van der Waals surface area (Å²) < 4.78 is 12.4. The van der Waals surface area contributed by atoms with Gasteiger partial charge in [-0.05, 0) is 38.5 Å². The molecule has 0 N–H and O–H groups in total. The Hall–Kier alpha value is 1.05. The molecule has 0 amide bonds. The number of unbranched alkanes of at least 4 members (excludes halogenated alkanes) is 6. The molecule has 0 aromatic heterocycles. The second-order valence-corrected chi connectivity index (χ2v) is 18.5. The number of rotatable bonds is 23. The van der Waals surface area contributed by atoms with Crippen molar-refractivity contribution < 1.29 is 9.47 Å². The van der Waals surface area contributed by atoms with Crippen LogP contribution in [0.3, 0.4) is 0 Å². The summed E-state index contributed by atoms with van der Waals surface area (Å²) in [5, 5.41) is 0. The van der Waals surface area contributed by atoms with Gasteiger partial charge in [0.15, 0.2) is 0 Å². The summed E-state index contributed by atoms with van der Waals surface area (Å²) in [5.74, 6) is 2.60. The third-order valence-electron chi connectivity index (χ3n) is 5.66. The van der Waals surface area contributed by atoms with Gasteiger partial charge in [-0.1, -0.05) is 100 Å². The van der Waals surface area contributed by atoms with Crippen LogP contribution >= 0.6 is 21.6 Å². The van der Waals surface area contributed by atoms with E-state index in [1.807, 2.05) is 0 Å². The molecule has 0 bridgehead atoms. The van der Waals surface area contributed by atoms with E-state index in [-0.39, 0.29) is 0 Å². The molecule has 2 nitrogen and oxygen atoms in total. The van der Waals surface area contributed by atoms with Crippen LogP contribution in [0, 0.1) is 0 Å². The molecule has 0 spiro atoms. The molecule has 0 saturated carbocycles. The fourth-order valence-corrected chi connectivity index (χ4v) is 8.66. The summed E-state index contributed by atoms with van der Waals surface area (Å²) in [6, 6.07) is 0. The van der Waals surface area contributed by atoms with E-state index in [2.05, 4.69) is 61.6 Å². The molecule has 0 aliphatic heterocycles. The molecule has 0 saturated heterocycles. The molecule has 0 fully saturated rings. The Labute approximate surface area is 201 Å². The van der Waals surface area contributed by atoms with Crippen molar-refractivity contribution in [1.29, 1.82) is 0 Å². The first kappa shape index (κ1) is 31.1. The van der Waals surface area contributed by atoms with Crippen LogP contribution in [-0.2, 0) is 9.47 Å². The third kappa shape index (κ3) is 19.7. The predicted molar refractivity (Wildman–Crippen MR) is 149 cm³/mol. The summed E-state index contributed by atoms with van der Waals surface area (Å²) in [5.41, 5.74) is 1.20. The monoisotopic (exact) mass is 494 g/mol. The second kappa shape index (κ2) is 23.2. The van der Waals surface area contributed by atoms with Crippen molar-refractivity contribution >= 4 is 39.2 Å². The SMILES string of the molecule is CCCCCOC(CCCCSSCCCCC(OCCCCC)[SiH](C)C)[SiH](C)C. The zero-order valence-electron chi connectivity index (χ0n) is 21.3. The quantitative estimate of drug-likeness (QED) is 0.0815. The fourth-order valence-electron chi connectivity index (χ4n) is 3.52. The van der Waals surface area contributed by atoms with Crippen LogP contribution in [0.25, 0.3) is 0 Å². The normalized spacial score (nSPS) is 14.0. The van der Waals surface area contributed by atoms with E-state index < -0.39 is 17.6 Å². The molecule has 0 heterocycles. The smallest absolute Gasteiger partial charge is 0.0656 e. The van der Waals surface area contributed by atoms with E-state index in [9.17, 15) is 0 Å². The van der Waals surface area contributed by atoms with Crippen molar-refractivity contribution in [1.82, 2.24) is 0 Å². The number of hydrogen-bond acceptors (Lipinski definition) is 4. The molecule has 6 heteroatoms. The summed E-state index contributed by atoms with van der Waals surface area (Å²) in [6.45, 7) is 16.3. The van der Waals surface area contributed by atoms with Gasteiger partial charge >= 0.3 is 0 Å². The van der Waals surface area contributed by atoms with Gasteiger partial charge in [-0.2, -0.15) is 0 Å². The lowest BCUT2D eigenvalue weighted by Gasteiger charge is -2.21. The minimum Gasteiger partial charge on any atom is -0.382 e. The van der Waals surface area contributed by atoms with Crippen LogP contribution in [-0.4, -0.2) is 53.8 Å². The number of ether oxygens (including phenoxy) is 2. The molecule has 0 aliphatic rings. The highest BCUT2D eigenvalue weighted by Gasteiger charge is 2.15. The molecule has 0 aromatic carbocycles. The molecule has 0 aromatic rings. The Morgan fingerprint density at radius 1 is 0.567 bits per heavy atom. The van der Waals surface area contributed by atoms with Crippen molar-refractivity contribution in [2.75, 3.05) is 24.7 Å². The Morgan fingerprint density at radius 3 is 1.30 bits per heavy atom. The Bertz CT molecular complexity index is 315. The molecule has 0 aliphatic carbocycles. The zero-order chi connectivity index (χ0) is 22.5. The Kier molecular flexibility index (Phi) is 24.0. The van der Waals surface area contributed by atoms with Gasteiger partial charge in [-0.25, -0.2) is 0 Å². The van der Waals surface area contributed by atoms with Gasteiger partial charge in [0.1, 0.15) is 0 Å². The lowest BCUT2D eigenvalue weighted by molar-refractivity contribution is 0.0920. The van der Waals surface area contributed by atoms with Gasteiger partial charge in [0.25, 0.3) is 0 Å². The first-order chi connectivity index (χ1) is 14.5. The standard InChI is InChI=1S/C24H54O2S2Si2/c1-7-9-13-19-25-23(29(3)4)17-11-15-21-27-28-22-16-12-18-24(30(5)6)26-20-14-10-8-2/h23-24,29-30H,7-22H2,1-6H3. The van der Waals surface area contributed by atoms with Crippen LogP contribution in [0.1, 0.15) is 90.9 Å². The van der Waals surface area contributed by atoms with Crippen molar-refractivity contribution in [3.8, 4) is 0 Å². The van der Waals surface area contributed by atoms with E-state index in [0.29, 0.717) is 11.5 Å². The fraction of sp³-hybridized carbons (Fsp3) is 1.00. The van der Waals surface area contributed by atoms with Gasteiger partial charge in [0, 0.05) is 36.2 Å². The van der Waals surface area contributed by atoms with Crippen LogP contribution in [0.15, 0.2) is 0 Å². The van der Waals surface area contributed by atoms with Crippen LogP contribution in [0.4, 0.5) is 0 Å². The van der Waals surface area contributed by atoms with E-state index >= 15 is 0 Å². The highest BCUT2D eigenvalue weighted by molar-refractivity contribution is 8.76. The Morgan fingerprint density at radius 2 is 0.967 bits per heavy atom. The van der Waals surface area contributed by atoms with Gasteiger partial charge in [-0.3, -0.25) is 0 Å². The lowest BCUT2D eigenvalue weighted by atomic mass is 10.2. The minimum atomic E-state index is -0.684. The number of hydrogen-bond donors (Lipinski definition) is 0. The average Bonchev–Trinajstić information content (AvgIpc) is 2.71. The first-order valence-electron chi connectivity index (χ1n) is 13.0. The van der Waals surface area contributed by atoms with Crippen LogP contribution in [0.5, 0.6) is 0 Å². The van der Waals surface area contributed by atoms with Gasteiger partial charge < -0.3 is 9.47 Å². The summed E-state index contributed by atoms with van der Waals surface area (Å²) in [6.07, 6.45) is 15.6. The minimum absolute atomic E-state index is 0.598. The van der Waals surface area contributed by atoms with Crippen LogP contribution < -0.4 is 0 Å². The average molecular weight is 495 g/mol. The second-order valence-electron chi connectivity index (χ2n) is 9.36. The van der Waals surface area contributed by atoms with Gasteiger partial charge in [-0.15, -0.1) is 0 Å². The van der Waals surface area contributed by atoms with Crippen molar-refractivity contribution in [3.05, 3.63) is 0 Å². The summed E-state index contributed by atoms with van der Waals surface area (Å²) >= 11 is 0. The maximum Gasteiger partial charge on any atom is 0.0656 e. The largest absolute Gasteiger partial charge is 0.382 e. The Balaban J connectivity index is 3.60. The van der Waals surface area contributed by atoms with Crippen molar-refractivity contribution in [2.24, 2.45) is 0 Å². The molecular weight excluding hydrogens is 441 g/mol. The van der Waals surface area contributed by atoms with E-state index in [0.717, 1.165) is 13.2 Å². The molecule has 182 valence electrons. The van der Waals surface area contributed by atoms with Gasteiger partial charge in [0.2, 0.25) is 0 Å². The molecule has 0 radical (unpaired) electrons. The highest BCUT2D eigenvalue weighted by atomic mass is 33.1. The van der Waals surface area contributed by atoms with Crippen LogP contribution in [0.2, 0.25) is 26.2 Å². The van der Waals surface area contributed by atoms with E-state index in [1.165, 1.54) is 88.6 Å². The maximum absolute atomic E-state index is 6.19. The third-order valence-corrected chi connectivity index (χ3v) is 12.3. The van der Waals surface area contributed by atoms with E-state index in [4.69, 9.17) is 9.47 Å². The first-order valence-corrected chi connectivity index (χ1v) is 21.4. The molecule has 30 heavy (non-hydrogen) atoms. The van der Waals surface area contributed by atoms with Crippen molar-refractivity contribution in [3.63, 3.8) is 0 Å².